The van der Waals surface area contributed by atoms with Gasteiger partial charge in [0, 0.05) is 11.9 Å². The van der Waals surface area contributed by atoms with Crippen LogP contribution in [0.2, 0.25) is 0 Å². The maximum atomic E-state index is 12.1. The lowest BCUT2D eigenvalue weighted by molar-refractivity contribution is -0.116. The maximum Gasteiger partial charge on any atom is 0.341 e. The van der Waals surface area contributed by atoms with E-state index in [0.29, 0.717) is 5.69 Å². The molecule has 0 unspecified atom stereocenters. The molecule has 0 aliphatic rings. The van der Waals surface area contributed by atoms with Gasteiger partial charge in [0.25, 0.3) is 5.56 Å². The molecule has 1 heterocycles. The van der Waals surface area contributed by atoms with Crippen LogP contribution in [0, 0.1) is 0 Å². The summed E-state index contributed by atoms with van der Waals surface area (Å²) in [5.74, 6) is -1.72. The largest absolute Gasteiger partial charge is 0.477 e. The molecule has 0 atom stereocenters. The summed E-state index contributed by atoms with van der Waals surface area (Å²) in [5, 5.41) is 13.7. The molecule has 3 aromatic rings. The number of carbonyl (C=O) groups excluding carboxylic acids is 1. The summed E-state index contributed by atoms with van der Waals surface area (Å²) < 4.78 is 1.07. The van der Waals surface area contributed by atoms with Crippen LogP contribution < -0.4 is 10.9 Å². The molecule has 0 spiro atoms. The second-order valence-electron chi connectivity index (χ2n) is 5.27. The second-order valence-corrected chi connectivity index (χ2v) is 5.27. The van der Waals surface area contributed by atoms with Crippen LogP contribution in [-0.4, -0.2) is 21.6 Å². The molecule has 6 heteroatoms. The zero-order valence-electron chi connectivity index (χ0n) is 12.6. The zero-order chi connectivity index (χ0) is 17.1. The fraction of sp³-hybridized carbons (Fsp3) is 0.0556. The van der Waals surface area contributed by atoms with Gasteiger partial charge in [-0.15, -0.1) is 0 Å². The van der Waals surface area contributed by atoms with Crippen LogP contribution in [0.25, 0.3) is 10.8 Å². The van der Waals surface area contributed by atoms with Crippen LogP contribution in [0.4, 0.5) is 5.69 Å². The average molecular weight is 322 g/mol. The predicted molar refractivity (Wildman–Crippen MR) is 90.2 cm³/mol. The lowest BCUT2D eigenvalue weighted by Gasteiger charge is -2.09. The van der Waals surface area contributed by atoms with Crippen molar-refractivity contribution in [3.8, 4) is 0 Å². The Kier molecular flexibility index (Phi) is 4.11. The van der Waals surface area contributed by atoms with Gasteiger partial charge in [-0.05, 0) is 35.0 Å². The standard InChI is InChI=1S/C18H14N2O4/c21-16(11-20-9-3-6-15(17(20)22)18(23)24)19-14-8-7-12-4-1-2-5-13(12)10-14/h1-10H,11H2,(H,19,21)(H,23,24). The number of amides is 1. The van der Waals surface area contributed by atoms with E-state index >= 15 is 0 Å². The number of aromatic nitrogens is 1. The number of carboxylic acid groups (broad SMARTS) is 1. The number of nitrogens with one attached hydrogen (secondary N) is 1. The molecule has 0 fully saturated rings. The monoisotopic (exact) mass is 322 g/mol. The van der Waals surface area contributed by atoms with Crippen molar-refractivity contribution in [2.24, 2.45) is 0 Å². The Morgan fingerprint density at radius 2 is 1.75 bits per heavy atom. The highest BCUT2D eigenvalue weighted by Crippen LogP contribution is 2.18. The van der Waals surface area contributed by atoms with E-state index < -0.39 is 17.4 Å². The average Bonchev–Trinajstić information content (AvgIpc) is 2.56. The summed E-state index contributed by atoms with van der Waals surface area (Å²) in [4.78, 5) is 35.1. The fourth-order valence-electron chi connectivity index (χ4n) is 2.45. The lowest BCUT2D eigenvalue weighted by Crippen LogP contribution is -2.30. The third-order valence-corrected chi connectivity index (χ3v) is 3.60. The van der Waals surface area contributed by atoms with E-state index in [9.17, 15) is 14.4 Å². The summed E-state index contributed by atoms with van der Waals surface area (Å²) >= 11 is 0. The van der Waals surface area contributed by atoms with Gasteiger partial charge in [-0.2, -0.15) is 0 Å². The molecule has 3 rings (SSSR count). The van der Waals surface area contributed by atoms with Crippen LogP contribution in [0.1, 0.15) is 10.4 Å². The molecule has 2 aromatic carbocycles. The smallest absolute Gasteiger partial charge is 0.341 e. The highest BCUT2D eigenvalue weighted by Gasteiger charge is 2.12. The van der Waals surface area contributed by atoms with Gasteiger partial charge in [0.05, 0.1) is 0 Å². The molecule has 0 aliphatic heterocycles. The van der Waals surface area contributed by atoms with Gasteiger partial charge in [0.2, 0.25) is 5.91 Å². The van der Waals surface area contributed by atoms with E-state index in [0.717, 1.165) is 15.3 Å². The summed E-state index contributed by atoms with van der Waals surface area (Å²) in [6, 6.07) is 15.9. The number of benzene rings is 2. The van der Waals surface area contributed by atoms with Gasteiger partial charge in [-0.3, -0.25) is 9.59 Å². The number of carbonyl (C=O) groups is 2. The van der Waals surface area contributed by atoms with Crippen LogP contribution in [0.5, 0.6) is 0 Å². The Balaban J connectivity index is 1.79. The Bertz CT molecular complexity index is 991. The molecular formula is C18H14N2O4. The normalized spacial score (nSPS) is 10.5. The summed E-state index contributed by atoms with van der Waals surface area (Å²) in [6.07, 6.45) is 1.38. The summed E-state index contributed by atoms with van der Waals surface area (Å²) in [7, 11) is 0. The number of rotatable bonds is 4. The van der Waals surface area contributed by atoms with Crippen molar-refractivity contribution in [1.82, 2.24) is 4.57 Å². The first kappa shape index (κ1) is 15.5. The molecule has 0 aliphatic carbocycles. The van der Waals surface area contributed by atoms with Crippen LogP contribution >= 0.6 is 0 Å². The number of fused-ring (bicyclic) bond motifs is 1. The van der Waals surface area contributed by atoms with Crippen molar-refractivity contribution in [3.05, 3.63) is 76.7 Å². The highest BCUT2D eigenvalue weighted by atomic mass is 16.4. The van der Waals surface area contributed by atoms with Crippen molar-refractivity contribution in [2.75, 3.05) is 5.32 Å². The third-order valence-electron chi connectivity index (χ3n) is 3.60. The maximum absolute atomic E-state index is 12.1. The van der Waals surface area contributed by atoms with Crippen molar-refractivity contribution in [2.45, 2.75) is 6.54 Å². The van der Waals surface area contributed by atoms with Gasteiger partial charge in [-0.25, -0.2) is 4.79 Å². The van der Waals surface area contributed by atoms with Crippen LogP contribution in [-0.2, 0) is 11.3 Å². The zero-order valence-corrected chi connectivity index (χ0v) is 12.6. The second kappa shape index (κ2) is 6.37. The van der Waals surface area contributed by atoms with Gasteiger partial charge in [0.1, 0.15) is 12.1 Å². The van der Waals surface area contributed by atoms with E-state index in [4.69, 9.17) is 5.11 Å². The molecule has 2 N–H and O–H groups in total. The molecule has 0 bridgehead atoms. The van der Waals surface area contributed by atoms with Crippen molar-refractivity contribution in [1.29, 1.82) is 0 Å². The number of hydrogen-bond donors (Lipinski definition) is 2. The molecule has 1 amide bonds. The SMILES string of the molecule is O=C(Cn1cccc(C(=O)O)c1=O)Nc1ccc2ccccc2c1. The Morgan fingerprint density at radius 1 is 1.00 bits per heavy atom. The van der Waals surface area contributed by atoms with Gasteiger partial charge in [0.15, 0.2) is 0 Å². The molecule has 0 radical (unpaired) electrons. The Hall–Kier alpha value is -3.41. The van der Waals surface area contributed by atoms with E-state index in [1.54, 1.807) is 6.07 Å². The topological polar surface area (TPSA) is 88.4 Å². The number of aromatic carboxylic acids is 1. The Labute approximate surface area is 137 Å². The number of nitrogens with zero attached hydrogens (tertiary/aromatic N) is 1. The van der Waals surface area contributed by atoms with E-state index in [-0.39, 0.29) is 12.1 Å². The van der Waals surface area contributed by atoms with E-state index in [1.807, 2.05) is 36.4 Å². The molecule has 0 saturated heterocycles. The first-order valence-corrected chi connectivity index (χ1v) is 7.26. The fourth-order valence-corrected chi connectivity index (χ4v) is 2.45. The minimum absolute atomic E-state index is 0.257. The lowest BCUT2D eigenvalue weighted by atomic mass is 10.1. The van der Waals surface area contributed by atoms with Crippen molar-refractivity contribution >= 4 is 28.3 Å². The molecule has 120 valence electrons. The minimum Gasteiger partial charge on any atom is -0.477 e. The minimum atomic E-state index is -1.32. The van der Waals surface area contributed by atoms with Crippen LogP contribution in [0.3, 0.4) is 0 Å². The predicted octanol–water partition coefficient (Wildman–Crippen LogP) is 2.34. The number of anilines is 1. The molecule has 1 aromatic heterocycles. The number of pyridine rings is 1. The van der Waals surface area contributed by atoms with Crippen molar-refractivity contribution < 1.29 is 14.7 Å². The number of carboxylic acids is 1. The van der Waals surface area contributed by atoms with Crippen molar-refractivity contribution in [3.63, 3.8) is 0 Å². The molecule has 6 nitrogen and oxygen atoms in total. The third kappa shape index (κ3) is 3.17. The van der Waals surface area contributed by atoms with E-state index in [1.165, 1.54) is 18.3 Å². The van der Waals surface area contributed by atoms with Gasteiger partial charge >= 0.3 is 5.97 Å². The first-order chi connectivity index (χ1) is 11.5. The number of hydrogen-bond acceptors (Lipinski definition) is 3. The molecule has 0 saturated carbocycles. The van der Waals surface area contributed by atoms with Gasteiger partial charge < -0.3 is 15.0 Å². The molecule has 24 heavy (non-hydrogen) atoms. The van der Waals surface area contributed by atoms with Gasteiger partial charge in [-0.1, -0.05) is 30.3 Å². The summed E-state index contributed by atoms with van der Waals surface area (Å²) in [6.45, 7) is -0.257. The quantitative estimate of drug-likeness (QED) is 0.771. The highest BCUT2D eigenvalue weighted by molar-refractivity contribution is 5.94. The van der Waals surface area contributed by atoms with E-state index in [2.05, 4.69) is 5.32 Å². The summed E-state index contributed by atoms with van der Waals surface area (Å²) in [5.41, 5.74) is -0.462. The molecular weight excluding hydrogens is 308 g/mol. The Morgan fingerprint density at radius 3 is 2.50 bits per heavy atom. The first-order valence-electron chi connectivity index (χ1n) is 7.26. The van der Waals surface area contributed by atoms with Crippen LogP contribution in [0.15, 0.2) is 65.6 Å².